The number of anilines is 1. The van der Waals surface area contributed by atoms with E-state index < -0.39 is 0 Å². The van der Waals surface area contributed by atoms with E-state index in [2.05, 4.69) is 4.98 Å². The molecule has 5 nitrogen and oxygen atoms in total. The lowest BCUT2D eigenvalue weighted by atomic mass is 10.6. The van der Waals surface area contributed by atoms with E-state index in [9.17, 15) is 0 Å². The van der Waals surface area contributed by atoms with Gasteiger partial charge in [0, 0.05) is 12.9 Å². The summed E-state index contributed by atoms with van der Waals surface area (Å²) >= 11 is 3.26. The molecule has 0 aliphatic carbocycles. The van der Waals surface area contributed by atoms with E-state index in [1.165, 1.54) is 15.5 Å². The van der Waals surface area contributed by atoms with Crippen molar-refractivity contribution in [2.24, 2.45) is 0 Å². The Morgan fingerprint density at radius 1 is 1.17 bits per heavy atom. The van der Waals surface area contributed by atoms with E-state index in [1.807, 2.05) is 6.92 Å². The first kappa shape index (κ1) is 15.7. The molecule has 1 aromatic rings. The maximum Gasteiger partial charge on any atom is 0.181 e. The average Bonchev–Trinajstić information content (AvgIpc) is 2.66. The van der Waals surface area contributed by atoms with Crippen molar-refractivity contribution in [1.82, 2.24) is 4.98 Å². The summed E-state index contributed by atoms with van der Waals surface area (Å²) in [6.07, 6.45) is 0. The number of aromatic nitrogens is 1. The maximum absolute atomic E-state index is 5.63. The van der Waals surface area contributed by atoms with Gasteiger partial charge in [-0.2, -0.15) is 0 Å². The fraction of sp³-hybridized carbons (Fsp3) is 0.727. The van der Waals surface area contributed by atoms with E-state index in [0.29, 0.717) is 38.2 Å². The highest BCUT2D eigenvalue weighted by Crippen LogP contribution is 2.30. The van der Waals surface area contributed by atoms with Crippen LogP contribution in [0.5, 0.6) is 0 Å². The van der Waals surface area contributed by atoms with Crippen LogP contribution in [0, 0.1) is 6.92 Å². The Balaban J connectivity index is 1.94. The van der Waals surface area contributed by atoms with Crippen LogP contribution in [-0.2, 0) is 14.2 Å². The van der Waals surface area contributed by atoms with Crippen molar-refractivity contribution in [2.45, 2.75) is 11.1 Å². The van der Waals surface area contributed by atoms with Crippen LogP contribution in [0.25, 0.3) is 0 Å². The minimum atomic E-state index is 0.612. The highest BCUT2D eigenvalue weighted by molar-refractivity contribution is 8.01. The molecule has 0 aliphatic heterocycles. The molecule has 0 saturated heterocycles. The summed E-state index contributed by atoms with van der Waals surface area (Å²) in [5.74, 6) is 0.903. The Morgan fingerprint density at radius 2 is 1.83 bits per heavy atom. The zero-order valence-electron chi connectivity index (χ0n) is 10.8. The number of nitrogens with two attached hydrogens (primary N) is 1. The number of ether oxygens (including phenoxy) is 3. The molecule has 0 spiro atoms. The normalized spacial score (nSPS) is 11.0. The van der Waals surface area contributed by atoms with Gasteiger partial charge in [-0.05, 0) is 6.92 Å². The first-order valence-electron chi connectivity index (χ1n) is 5.74. The lowest BCUT2D eigenvalue weighted by molar-refractivity contribution is 0.0286. The molecule has 0 bridgehead atoms. The van der Waals surface area contributed by atoms with Crippen molar-refractivity contribution in [2.75, 3.05) is 51.6 Å². The third-order valence-corrected chi connectivity index (χ3v) is 4.35. The molecule has 18 heavy (non-hydrogen) atoms. The number of aryl methyl sites for hydroxylation is 1. The number of hydrogen-bond donors (Lipinski definition) is 1. The number of methoxy groups -OCH3 is 1. The second-order valence-electron chi connectivity index (χ2n) is 3.49. The van der Waals surface area contributed by atoms with Crippen LogP contribution in [0.2, 0.25) is 0 Å². The van der Waals surface area contributed by atoms with Gasteiger partial charge in [0.15, 0.2) is 5.13 Å². The van der Waals surface area contributed by atoms with Crippen LogP contribution >= 0.6 is 23.1 Å². The van der Waals surface area contributed by atoms with Gasteiger partial charge in [-0.15, -0.1) is 11.8 Å². The van der Waals surface area contributed by atoms with Gasteiger partial charge in [0.25, 0.3) is 0 Å². The maximum atomic E-state index is 5.63. The minimum absolute atomic E-state index is 0.612. The van der Waals surface area contributed by atoms with E-state index in [0.717, 1.165) is 11.4 Å². The molecular formula is C11H20N2O3S2. The third-order valence-electron chi connectivity index (χ3n) is 2.04. The molecular weight excluding hydrogens is 272 g/mol. The monoisotopic (exact) mass is 292 g/mol. The lowest BCUT2D eigenvalue weighted by Gasteiger charge is -2.05. The van der Waals surface area contributed by atoms with Crippen molar-refractivity contribution in [1.29, 1.82) is 0 Å². The molecule has 0 fully saturated rings. The van der Waals surface area contributed by atoms with E-state index in [-0.39, 0.29) is 0 Å². The predicted molar refractivity (Wildman–Crippen MR) is 75.5 cm³/mol. The zero-order valence-corrected chi connectivity index (χ0v) is 12.4. The van der Waals surface area contributed by atoms with Crippen LogP contribution < -0.4 is 5.73 Å². The summed E-state index contributed by atoms with van der Waals surface area (Å²) in [5, 5.41) is 0.627. The Labute approximate surface area is 116 Å². The van der Waals surface area contributed by atoms with Gasteiger partial charge < -0.3 is 19.9 Å². The molecule has 0 aliphatic rings. The zero-order chi connectivity index (χ0) is 13.2. The van der Waals surface area contributed by atoms with Gasteiger partial charge in [-0.1, -0.05) is 11.3 Å². The predicted octanol–water partition coefficient (Wildman–Crippen LogP) is 1.81. The fourth-order valence-electron chi connectivity index (χ4n) is 1.19. The Morgan fingerprint density at radius 3 is 2.44 bits per heavy atom. The quantitative estimate of drug-likeness (QED) is 0.524. The summed E-state index contributed by atoms with van der Waals surface area (Å²) in [6.45, 7) is 5.15. The molecule has 7 heteroatoms. The van der Waals surface area contributed by atoms with Crippen LogP contribution in [0.3, 0.4) is 0 Å². The van der Waals surface area contributed by atoms with E-state index in [1.54, 1.807) is 18.9 Å². The first-order chi connectivity index (χ1) is 8.74. The minimum Gasteiger partial charge on any atom is -0.382 e. The fourth-order valence-corrected chi connectivity index (χ4v) is 3.14. The molecule has 104 valence electrons. The molecule has 0 unspecified atom stereocenters. The second kappa shape index (κ2) is 9.57. The van der Waals surface area contributed by atoms with Gasteiger partial charge in [0.1, 0.15) is 0 Å². The Bertz CT molecular complexity index is 334. The van der Waals surface area contributed by atoms with Crippen molar-refractivity contribution in [3.05, 3.63) is 5.69 Å². The molecule has 0 amide bonds. The van der Waals surface area contributed by atoms with E-state index in [4.69, 9.17) is 19.9 Å². The number of hydrogen-bond acceptors (Lipinski definition) is 7. The van der Waals surface area contributed by atoms with Crippen LogP contribution in [0.1, 0.15) is 5.69 Å². The van der Waals surface area contributed by atoms with Crippen molar-refractivity contribution in [3.63, 3.8) is 0 Å². The lowest BCUT2D eigenvalue weighted by Crippen LogP contribution is -2.09. The SMILES string of the molecule is COCCOCCOCCSc1sc(N)nc1C. The number of nitrogens with zero attached hydrogens (tertiary/aromatic N) is 1. The van der Waals surface area contributed by atoms with Crippen LogP contribution in [-0.4, -0.2) is 50.9 Å². The summed E-state index contributed by atoms with van der Waals surface area (Å²) in [5.41, 5.74) is 6.63. The topological polar surface area (TPSA) is 66.6 Å². The molecule has 1 rings (SSSR count). The summed E-state index contributed by atoms with van der Waals surface area (Å²) in [4.78, 5) is 4.17. The van der Waals surface area contributed by atoms with E-state index >= 15 is 0 Å². The Hall–Kier alpha value is -0.340. The summed E-state index contributed by atoms with van der Waals surface area (Å²) in [7, 11) is 1.66. The van der Waals surface area contributed by atoms with Gasteiger partial charge >= 0.3 is 0 Å². The first-order valence-corrected chi connectivity index (χ1v) is 7.54. The highest BCUT2D eigenvalue weighted by Gasteiger charge is 2.05. The molecule has 1 aromatic heterocycles. The highest BCUT2D eigenvalue weighted by atomic mass is 32.2. The van der Waals surface area contributed by atoms with Crippen LogP contribution in [0.15, 0.2) is 4.21 Å². The average molecular weight is 292 g/mol. The third kappa shape index (κ3) is 6.55. The van der Waals surface area contributed by atoms with Gasteiger partial charge in [0.2, 0.25) is 0 Å². The number of thiazole rings is 1. The summed E-state index contributed by atoms with van der Waals surface area (Å²) < 4.78 is 16.8. The van der Waals surface area contributed by atoms with Crippen molar-refractivity contribution < 1.29 is 14.2 Å². The molecule has 0 atom stereocenters. The summed E-state index contributed by atoms with van der Waals surface area (Å²) in [6, 6.07) is 0. The van der Waals surface area contributed by atoms with Gasteiger partial charge in [0.05, 0.1) is 42.9 Å². The van der Waals surface area contributed by atoms with Gasteiger partial charge in [-0.25, -0.2) is 4.98 Å². The van der Waals surface area contributed by atoms with Crippen molar-refractivity contribution >= 4 is 28.2 Å². The molecule has 1 heterocycles. The smallest absolute Gasteiger partial charge is 0.181 e. The molecule has 0 aromatic carbocycles. The van der Waals surface area contributed by atoms with Gasteiger partial charge in [-0.3, -0.25) is 0 Å². The standard InChI is InChI=1S/C11H20N2O3S2/c1-9-10(18-11(12)13-9)17-8-7-16-6-5-15-4-3-14-2/h3-8H2,1-2H3,(H2,12,13). The number of rotatable bonds is 10. The molecule has 0 radical (unpaired) electrons. The largest absolute Gasteiger partial charge is 0.382 e. The number of thioether (sulfide) groups is 1. The second-order valence-corrected chi connectivity index (χ2v) is 5.89. The van der Waals surface area contributed by atoms with Crippen LogP contribution in [0.4, 0.5) is 5.13 Å². The molecule has 0 saturated carbocycles. The Kier molecular flexibility index (Phi) is 8.36. The molecule has 2 N–H and O–H groups in total. The number of nitrogen functional groups attached to an aromatic ring is 1. The van der Waals surface area contributed by atoms with Crippen molar-refractivity contribution in [3.8, 4) is 0 Å².